The van der Waals surface area contributed by atoms with E-state index in [4.69, 9.17) is 5.11 Å². The molecule has 1 aromatic rings. The van der Waals surface area contributed by atoms with Gasteiger partial charge in [-0.25, -0.2) is 0 Å². The number of hydrogen-bond donors (Lipinski definition) is 1. The molecule has 0 bridgehead atoms. The van der Waals surface area contributed by atoms with Crippen LogP contribution in [0.3, 0.4) is 0 Å². The van der Waals surface area contributed by atoms with Crippen LogP contribution in [-0.2, 0) is 4.79 Å². The molecule has 0 aromatic heterocycles. The van der Waals surface area contributed by atoms with Crippen LogP contribution in [-0.4, -0.2) is 33.4 Å². The summed E-state index contributed by atoms with van der Waals surface area (Å²) < 4.78 is -0.356. The Morgan fingerprint density at radius 2 is 1.91 bits per heavy atom. The van der Waals surface area contributed by atoms with E-state index >= 15 is 0 Å². The van der Waals surface area contributed by atoms with Gasteiger partial charge in [0.2, 0.25) is 0 Å². The fourth-order valence-corrected chi connectivity index (χ4v) is 1.27. The van der Waals surface area contributed by atoms with Gasteiger partial charge in [-0.2, -0.15) is 0 Å². The number of carboxylic acids is 1. The Kier molecular flexibility index (Phi) is 2.92. The van der Waals surface area contributed by atoms with E-state index in [2.05, 4.69) is 0 Å². The fraction of sp³-hybridized carbons (Fsp3) is 0.125. The van der Waals surface area contributed by atoms with Crippen molar-refractivity contribution in [2.75, 3.05) is 0 Å². The Labute approximate surface area is 78.1 Å². The second-order valence-corrected chi connectivity index (χ2v) is 3.63. The average molecular weight is 264 g/mol. The van der Waals surface area contributed by atoms with E-state index in [1.54, 1.807) is 0 Å². The molecule has 0 aliphatic heterocycles. The molecule has 1 unspecified atom stereocenters. The zero-order chi connectivity index (χ0) is 8.27. The molecule has 1 rings (SSSR count). The van der Waals surface area contributed by atoms with Gasteiger partial charge < -0.3 is 0 Å². The first-order valence-electron chi connectivity index (χ1n) is 3.17. The summed E-state index contributed by atoms with van der Waals surface area (Å²) in [6.45, 7) is 0. The SMILES string of the molecule is O=C(O)C([TeH])c1ccccc1. The first kappa shape index (κ1) is 8.58. The zero-order valence-electron chi connectivity index (χ0n) is 5.77. The summed E-state index contributed by atoms with van der Waals surface area (Å²) in [6.07, 6.45) is 0. The Bertz CT molecular complexity index is 246. The van der Waals surface area contributed by atoms with Gasteiger partial charge in [0.05, 0.1) is 0 Å². The molecule has 0 saturated carbocycles. The van der Waals surface area contributed by atoms with E-state index in [1.165, 1.54) is 22.3 Å². The van der Waals surface area contributed by atoms with Crippen LogP contribution in [0.4, 0.5) is 0 Å². The van der Waals surface area contributed by atoms with Crippen molar-refractivity contribution < 1.29 is 9.90 Å². The van der Waals surface area contributed by atoms with Gasteiger partial charge in [-0.05, 0) is 0 Å². The number of aliphatic carboxylic acids is 1. The number of carboxylic acid groups (broad SMARTS) is 1. The third-order valence-corrected chi connectivity index (χ3v) is 2.83. The Morgan fingerprint density at radius 1 is 1.36 bits per heavy atom. The van der Waals surface area contributed by atoms with Crippen LogP contribution in [0.1, 0.15) is 9.53 Å². The molecule has 0 aliphatic carbocycles. The molecule has 11 heavy (non-hydrogen) atoms. The summed E-state index contributed by atoms with van der Waals surface area (Å²) in [5, 5.41) is 8.65. The summed E-state index contributed by atoms with van der Waals surface area (Å²) in [5.74, 6) is -0.759. The maximum atomic E-state index is 10.5. The van der Waals surface area contributed by atoms with Gasteiger partial charge in [-0.3, -0.25) is 0 Å². The fourth-order valence-electron chi connectivity index (χ4n) is 0.778. The molecule has 0 heterocycles. The Balaban J connectivity index is 2.85. The van der Waals surface area contributed by atoms with Crippen molar-refractivity contribution in [2.24, 2.45) is 0 Å². The van der Waals surface area contributed by atoms with E-state index < -0.39 is 5.97 Å². The number of rotatable bonds is 2. The summed E-state index contributed by atoms with van der Waals surface area (Å²) >= 11 is 1.31. The second-order valence-electron chi connectivity index (χ2n) is 2.15. The van der Waals surface area contributed by atoms with Crippen LogP contribution < -0.4 is 0 Å². The van der Waals surface area contributed by atoms with Crippen LogP contribution in [0, 0.1) is 0 Å². The number of benzene rings is 1. The molecule has 2 nitrogen and oxygen atoms in total. The molecule has 1 N–H and O–H groups in total. The normalized spacial score (nSPS) is 12.5. The van der Waals surface area contributed by atoms with Gasteiger partial charge >= 0.3 is 78.0 Å². The molecule has 3 heteroatoms. The predicted molar refractivity (Wildman–Crippen MR) is 44.0 cm³/mol. The summed E-state index contributed by atoms with van der Waals surface area (Å²) in [4.78, 5) is 10.5. The van der Waals surface area contributed by atoms with E-state index in [0.717, 1.165) is 5.56 Å². The van der Waals surface area contributed by atoms with Crippen LogP contribution in [0.25, 0.3) is 0 Å². The van der Waals surface area contributed by atoms with Gasteiger partial charge in [0, 0.05) is 0 Å². The van der Waals surface area contributed by atoms with Crippen LogP contribution in [0.5, 0.6) is 0 Å². The van der Waals surface area contributed by atoms with Crippen molar-refractivity contribution in [3.8, 4) is 0 Å². The Hall–Kier alpha value is -0.520. The van der Waals surface area contributed by atoms with Gasteiger partial charge in [-0.1, -0.05) is 0 Å². The second kappa shape index (κ2) is 3.75. The first-order valence-corrected chi connectivity index (χ1v) is 4.65. The number of carbonyl (C=O) groups is 1. The Morgan fingerprint density at radius 3 is 2.36 bits per heavy atom. The van der Waals surface area contributed by atoms with Crippen molar-refractivity contribution in [3.63, 3.8) is 0 Å². The molecular weight excluding hydrogens is 256 g/mol. The van der Waals surface area contributed by atoms with Crippen molar-refractivity contribution in [1.82, 2.24) is 0 Å². The molecule has 0 radical (unpaired) electrons. The maximum absolute atomic E-state index is 10.5. The standard InChI is InChI=1S/C8H8O2Te/c9-8(10)7(11)6-4-2-1-3-5-6/h1-5,7,11H,(H,9,10). The van der Waals surface area contributed by atoms with Gasteiger partial charge in [0.1, 0.15) is 0 Å². The molecule has 1 atom stereocenters. The summed E-state index contributed by atoms with van der Waals surface area (Å²) in [7, 11) is 0. The van der Waals surface area contributed by atoms with Gasteiger partial charge in [0.25, 0.3) is 0 Å². The van der Waals surface area contributed by atoms with E-state index in [0.29, 0.717) is 0 Å². The molecule has 0 saturated heterocycles. The molecule has 0 amide bonds. The average Bonchev–Trinajstić information content (AvgIpc) is 2.05. The van der Waals surface area contributed by atoms with Crippen molar-refractivity contribution in [2.45, 2.75) is 3.97 Å². The predicted octanol–water partition coefficient (Wildman–Crippen LogP) is 0.713. The van der Waals surface area contributed by atoms with Crippen LogP contribution >= 0.6 is 0 Å². The molecule has 0 fully saturated rings. The van der Waals surface area contributed by atoms with Crippen molar-refractivity contribution >= 4 is 28.3 Å². The first-order chi connectivity index (χ1) is 5.22. The molecule has 58 valence electrons. The van der Waals surface area contributed by atoms with Crippen LogP contribution in [0.2, 0.25) is 0 Å². The topological polar surface area (TPSA) is 37.3 Å². The van der Waals surface area contributed by atoms with E-state index in [9.17, 15) is 4.79 Å². The van der Waals surface area contributed by atoms with E-state index in [1.807, 2.05) is 30.3 Å². The minimum atomic E-state index is -0.759. The zero-order valence-corrected chi connectivity index (χ0v) is 8.32. The third-order valence-electron chi connectivity index (χ3n) is 1.35. The van der Waals surface area contributed by atoms with Crippen LogP contribution in [0.15, 0.2) is 30.3 Å². The summed E-state index contributed by atoms with van der Waals surface area (Å²) in [5.41, 5.74) is 0.869. The van der Waals surface area contributed by atoms with E-state index in [-0.39, 0.29) is 3.97 Å². The number of hydrogen-bond acceptors (Lipinski definition) is 1. The molecule has 0 spiro atoms. The van der Waals surface area contributed by atoms with Gasteiger partial charge in [-0.15, -0.1) is 0 Å². The third kappa shape index (κ3) is 2.21. The minimum absolute atomic E-state index is 0.356. The van der Waals surface area contributed by atoms with Crippen molar-refractivity contribution in [1.29, 1.82) is 0 Å². The monoisotopic (exact) mass is 266 g/mol. The molecule has 1 aromatic carbocycles. The van der Waals surface area contributed by atoms with Crippen molar-refractivity contribution in [3.05, 3.63) is 35.9 Å². The van der Waals surface area contributed by atoms with Gasteiger partial charge in [0.15, 0.2) is 0 Å². The quantitative estimate of drug-likeness (QED) is 0.799. The summed E-state index contributed by atoms with van der Waals surface area (Å²) in [6, 6.07) is 9.24. The molecular formula is C8H8O2Te. The molecule has 0 aliphatic rings.